The molecule has 0 aromatic carbocycles. The largest absolute Gasteiger partial charge is 0.339 e. The lowest BCUT2D eigenvalue weighted by molar-refractivity contribution is 1.11. The lowest BCUT2D eigenvalue weighted by atomic mass is 10.4. The molecule has 2 aromatic rings. The van der Waals surface area contributed by atoms with E-state index in [1.165, 1.54) is 6.07 Å². The Morgan fingerprint density at radius 3 is 2.13 bits per heavy atom. The Kier molecular flexibility index (Phi) is 2.63. The van der Waals surface area contributed by atoms with E-state index in [2.05, 4.69) is 19.9 Å². The van der Waals surface area contributed by atoms with Gasteiger partial charge in [-0.3, -0.25) is 0 Å². The zero-order valence-electron chi connectivity index (χ0n) is 8.17. The van der Waals surface area contributed by atoms with Crippen LogP contribution in [0.1, 0.15) is 11.4 Å². The van der Waals surface area contributed by atoms with Crippen LogP contribution >= 0.6 is 23.2 Å². The van der Waals surface area contributed by atoms with Crippen LogP contribution in [0.4, 0.5) is 0 Å². The molecule has 78 valence electrons. The molecule has 0 unspecified atom stereocenters. The summed E-state index contributed by atoms with van der Waals surface area (Å²) in [5, 5.41) is 0.605. The molecule has 15 heavy (non-hydrogen) atoms. The molecule has 2 aromatic heterocycles. The Labute approximate surface area is 96.7 Å². The summed E-state index contributed by atoms with van der Waals surface area (Å²) < 4.78 is 0. The molecular weight excluding hydrogens is 235 g/mol. The third-order valence-corrected chi connectivity index (χ3v) is 2.39. The molecule has 0 aliphatic carbocycles. The summed E-state index contributed by atoms with van der Waals surface area (Å²) in [5.41, 5.74) is 1.88. The van der Waals surface area contributed by atoms with Gasteiger partial charge in [0.2, 0.25) is 0 Å². The molecule has 2 heterocycles. The van der Waals surface area contributed by atoms with E-state index in [-0.39, 0.29) is 0 Å². The van der Waals surface area contributed by atoms with Crippen LogP contribution in [0, 0.1) is 13.8 Å². The Morgan fingerprint density at radius 2 is 1.67 bits per heavy atom. The molecule has 0 aliphatic rings. The van der Waals surface area contributed by atoms with Crippen molar-refractivity contribution in [2.24, 2.45) is 0 Å². The molecule has 0 atom stereocenters. The number of aryl methyl sites for hydroxylation is 2. The molecule has 0 spiro atoms. The lowest BCUT2D eigenvalue weighted by Crippen LogP contribution is -1.91. The highest BCUT2D eigenvalue weighted by Crippen LogP contribution is 2.18. The summed E-state index contributed by atoms with van der Waals surface area (Å²) >= 11 is 11.5. The van der Waals surface area contributed by atoms with Crippen LogP contribution < -0.4 is 0 Å². The van der Waals surface area contributed by atoms with Crippen molar-refractivity contribution in [2.75, 3.05) is 0 Å². The monoisotopic (exact) mass is 242 g/mol. The van der Waals surface area contributed by atoms with Crippen molar-refractivity contribution in [2.45, 2.75) is 13.8 Å². The molecule has 0 amide bonds. The van der Waals surface area contributed by atoms with Gasteiger partial charge in [-0.25, -0.2) is 15.0 Å². The first-order valence-corrected chi connectivity index (χ1v) is 5.05. The van der Waals surface area contributed by atoms with E-state index < -0.39 is 0 Å². The Bertz CT molecular complexity index is 467. The fourth-order valence-electron chi connectivity index (χ4n) is 1.15. The van der Waals surface area contributed by atoms with E-state index in [0.29, 0.717) is 22.0 Å². The van der Waals surface area contributed by atoms with Crippen LogP contribution in [0.5, 0.6) is 0 Å². The van der Waals surface area contributed by atoms with Crippen LogP contribution in [0.3, 0.4) is 0 Å². The van der Waals surface area contributed by atoms with Crippen LogP contribution in [0.2, 0.25) is 10.3 Å². The number of aromatic nitrogens is 4. The van der Waals surface area contributed by atoms with Crippen molar-refractivity contribution in [1.29, 1.82) is 0 Å². The predicted octanol–water partition coefficient (Wildman–Crippen LogP) is 2.79. The van der Waals surface area contributed by atoms with Gasteiger partial charge in [0.1, 0.15) is 10.3 Å². The second kappa shape index (κ2) is 3.79. The topological polar surface area (TPSA) is 54.5 Å². The zero-order chi connectivity index (χ0) is 11.0. The minimum atomic E-state index is 0.303. The quantitative estimate of drug-likeness (QED) is 0.783. The van der Waals surface area contributed by atoms with Crippen molar-refractivity contribution in [3.05, 3.63) is 27.8 Å². The number of aromatic amines is 1. The molecule has 0 saturated carbocycles. The van der Waals surface area contributed by atoms with Gasteiger partial charge in [-0.05, 0) is 13.8 Å². The number of rotatable bonds is 1. The second-order valence-corrected chi connectivity index (χ2v) is 3.91. The molecule has 0 saturated heterocycles. The minimum absolute atomic E-state index is 0.303. The average molecular weight is 243 g/mol. The van der Waals surface area contributed by atoms with Crippen LogP contribution in [0.15, 0.2) is 6.07 Å². The first-order chi connectivity index (χ1) is 7.06. The fourth-order valence-corrected chi connectivity index (χ4v) is 1.57. The first kappa shape index (κ1) is 10.4. The summed E-state index contributed by atoms with van der Waals surface area (Å²) in [6.07, 6.45) is 0. The van der Waals surface area contributed by atoms with Gasteiger partial charge in [0.05, 0.1) is 5.69 Å². The third-order valence-electron chi connectivity index (χ3n) is 2.00. The molecule has 0 radical (unpaired) electrons. The number of nitrogens with zero attached hydrogens (tertiary/aromatic N) is 3. The Balaban J connectivity index is 2.53. The van der Waals surface area contributed by atoms with Crippen molar-refractivity contribution in [1.82, 2.24) is 19.9 Å². The Hall–Kier alpha value is -1.13. The van der Waals surface area contributed by atoms with E-state index in [0.717, 1.165) is 11.4 Å². The van der Waals surface area contributed by atoms with Crippen molar-refractivity contribution >= 4 is 23.2 Å². The van der Waals surface area contributed by atoms with Crippen LogP contribution in [0.25, 0.3) is 11.6 Å². The van der Waals surface area contributed by atoms with Gasteiger partial charge in [0.25, 0.3) is 0 Å². The maximum atomic E-state index is 5.77. The van der Waals surface area contributed by atoms with Crippen LogP contribution in [-0.2, 0) is 0 Å². The summed E-state index contributed by atoms with van der Waals surface area (Å²) in [4.78, 5) is 15.4. The van der Waals surface area contributed by atoms with Crippen molar-refractivity contribution in [3.8, 4) is 11.6 Å². The maximum Gasteiger partial charge on any atom is 0.198 e. The molecule has 0 aliphatic heterocycles. The zero-order valence-corrected chi connectivity index (χ0v) is 9.69. The molecule has 0 fully saturated rings. The summed E-state index contributed by atoms with van der Waals surface area (Å²) in [6.45, 7) is 3.83. The fraction of sp³-hybridized carbons (Fsp3) is 0.222. The summed E-state index contributed by atoms with van der Waals surface area (Å²) in [6, 6.07) is 1.48. The highest BCUT2D eigenvalue weighted by atomic mass is 35.5. The standard InChI is InChI=1S/C9H8Cl2N4/c1-4-5(2)13-8(12-4)9-14-6(10)3-7(11)15-9/h3H,1-2H3,(H,12,13). The van der Waals surface area contributed by atoms with Gasteiger partial charge in [-0.1, -0.05) is 23.2 Å². The lowest BCUT2D eigenvalue weighted by Gasteiger charge is -1.96. The van der Waals surface area contributed by atoms with Gasteiger partial charge >= 0.3 is 0 Å². The molecule has 2 rings (SSSR count). The highest BCUT2D eigenvalue weighted by Gasteiger charge is 2.09. The normalized spacial score (nSPS) is 10.7. The van der Waals surface area contributed by atoms with Gasteiger partial charge < -0.3 is 4.98 Å². The number of hydrogen-bond acceptors (Lipinski definition) is 3. The van der Waals surface area contributed by atoms with Gasteiger partial charge in [0, 0.05) is 11.8 Å². The predicted molar refractivity (Wildman–Crippen MR) is 59.1 cm³/mol. The molecular formula is C9H8Cl2N4. The summed E-state index contributed by atoms with van der Waals surface area (Å²) in [7, 11) is 0. The average Bonchev–Trinajstić information content (AvgIpc) is 2.45. The Morgan fingerprint density at radius 1 is 1.07 bits per heavy atom. The van der Waals surface area contributed by atoms with E-state index >= 15 is 0 Å². The minimum Gasteiger partial charge on any atom is -0.339 e. The number of halogens is 2. The van der Waals surface area contributed by atoms with Gasteiger partial charge in [0.15, 0.2) is 11.6 Å². The van der Waals surface area contributed by atoms with E-state index in [4.69, 9.17) is 23.2 Å². The van der Waals surface area contributed by atoms with Crippen molar-refractivity contribution < 1.29 is 0 Å². The van der Waals surface area contributed by atoms with Crippen LogP contribution in [-0.4, -0.2) is 19.9 Å². The van der Waals surface area contributed by atoms with E-state index in [1.807, 2.05) is 13.8 Å². The van der Waals surface area contributed by atoms with Crippen molar-refractivity contribution in [3.63, 3.8) is 0 Å². The van der Waals surface area contributed by atoms with E-state index in [1.54, 1.807) is 0 Å². The smallest absolute Gasteiger partial charge is 0.198 e. The van der Waals surface area contributed by atoms with Gasteiger partial charge in [-0.2, -0.15) is 0 Å². The molecule has 0 bridgehead atoms. The second-order valence-electron chi connectivity index (χ2n) is 3.13. The number of hydrogen-bond donors (Lipinski definition) is 1. The summed E-state index contributed by atoms with van der Waals surface area (Å²) in [5.74, 6) is 0.984. The number of H-pyrrole nitrogens is 1. The highest BCUT2D eigenvalue weighted by molar-refractivity contribution is 6.33. The molecule has 4 nitrogen and oxygen atoms in total. The number of imidazole rings is 1. The number of nitrogens with one attached hydrogen (secondary N) is 1. The third kappa shape index (κ3) is 2.11. The first-order valence-electron chi connectivity index (χ1n) is 4.30. The molecule has 6 heteroatoms. The maximum absolute atomic E-state index is 5.77. The SMILES string of the molecule is Cc1nc(-c2nc(Cl)cc(Cl)n2)[nH]c1C. The van der Waals surface area contributed by atoms with Gasteiger partial charge in [-0.15, -0.1) is 0 Å². The molecule has 1 N–H and O–H groups in total. The van der Waals surface area contributed by atoms with E-state index in [9.17, 15) is 0 Å².